The van der Waals surface area contributed by atoms with Gasteiger partial charge >= 0.3 is 0 Å². The second-order valence-corrected chi connectivity index (χ2v) is 9.31. The van der Waals surface area contributed by atoms with Crippen molar-refractivity contribution in [2.24, 2.45) is 0 Å². The number of nitrogens with zero attached hydrogens (tertiary/aromatic N) is 5. The molecule has 178 valence electrons. The Kier molecular flexibility index (Phi) is 5.30. The van der Waals surface area contributed by atoms with Crippen molar-refractivity contribution in [3.8, 4) is 33.9 Å². The van der Waals surface area contributed by atoms with Crippen molar-refractivity contribution in [1.29, 1.82) is 0 Å². The van der Waals surface area contributed by atoms with Crippen LogP contribution in [0.25, 0.3) is 55.8 Å². The molecule has 0 spiro atoms. The minimum absolute atomic E-state index is 0.297. The summed E-state index contributed by atoms with van der Waals surface area (Å²) in [7, 11) is 4.08. The van der Waals surface area contributed by atoms with Crippen LogP contribution in [0.15, 0.2) is 67.1 Å². The Morgan fingerprint density at radius 2 is 1.78 bits per heavy atom. The number of aryl methyl sites for hydroxylation is 1. The third-order valence-corrected chi connectivity index (χ3v) is 6.13. The van der Waals surface area contributed by atoms with Crippen LogP contribution in [0.1, 0.15) is 11.1 Å². The second kappa shape index (κ2) is 8.66. The lowest BCUT2D eigenvalue weighted by Crippen LogP contribution is -2.10. The SMILES string of the molecule is Cc1cc(F)cc(-c2nccc3[nH]c(-c4n[nH]c5ccc(-c6cncc(CN(C)C)c6)cc45)nc23)c1. The number of imidazole rings is 1. The van der Waals surface area contributed by atoms with Gasteiger partial charge in [0.05, 0.1) is 16.7 Å². The Labute approximate surface area is 207 Å². The molecular formula is C28H24FN7. The Morgan fingerprint density at radius 1 is 0.889 bits per heavy atom. The van der Waals surface area contributed by atoms with Gasteiger partial charge in [-0.05, 0) is 80.2 Å². The quantitative estimate of drug-likeness (QED) is 0.331. The smallest absolute Gasteiger partial charge is 0.159 e. The lowest BCUT2D eigenvalue weighted by molar-refractivity contribution is 0.402. The molecule has 0 aliphatic rings. The van der Waals surface area contributed by atoms with Gasteiger partial charge in [-0.1, -0.05) is 6.07 Å². The molecule has 6 aromatic rings. The van der Waals surface area contributed by atoms with E-state index in [4.69, 9.17) is 4.98 Å². The number of halogens is 1. The maximum atomic E-state index is 14.1. The van der Waals surface area contributed by atoms with Gasteiger partial charge in [0.25, 0.3) is 0 Å². The summed E-state index contributed by atoms with van der Waals surface area (Å²) in [6.07, 6.45) is 5.47. The molecule has 6 rings (SSSR count). The van der Waals surface area contributed by atoms with Gasteiger partial charge in [-0.15, -0.1) is 0 Å². The van der Waals surface area contributed by atoms with Crippen LogP contribution in [0.3, 0.4) is 0 Å². The zero-order valence-corrected chi connectivity index (χ0v) is 20.2. The topological polar surface area (TPSA) is 86.4 Å². The van der Waals surface area contributed by atoms with Crippen molar-refractivity contribution < 1.29 is 4.39 Å². The zero-order valence-electron chi connectivity index (χ0n) is 20.2. The number of hydrogen-bond donors (Lipinski definition) is 2. The maximum absolute atomic E-state index is 14.1. The first kappa shape index (κ1) is 22.1. The highest BCUT2D eigenvalue weighted by molar-refractivity contribution is 5.97. The van der Waals surface area contributed by atoms with Crippen molar-refractivity contribution in [3.05, 3.63) is 84.1 Å². The lowest BCUT2D eigenvalue weighted by atomic mass is 10.0. The number of nitrogens with one attached hydrogen (secondary N) is 2. The molecule has 0 radical (unpaired) electrons. The van der Waals surface area contributed by atoms with Gasteiger partial charge in [0.1, 0.15) is 17.0 Å². The van der Waals surface area contributed by atoms with Gasteiger partial charge in [-0.25, -0.2) is 9.37 Å². The highest BCUT2D eigenvalue weighted by atomic mass is 19.1. The normalized spacial score (nSPS) is 11.7. The average Bonchev–Trinajstić information content (AvgIpc) is 3.46. The first-order valence-corrected chi connectivity index (χ1v) is 11.6. The second-order valence-electron chi connectivity index (χ2n) is 9.31. The van der Waals surface area contributed by atoms with Crippen molar-refractivity contribution >= 4 is 21.9 Å². The van der Waals surface area contributed by atoms with E-state index in [9.17, 15) is 4.39 Å². The van der Waals surface area contributed by atoms with Gasteiger partial charge in [0.15, 0.2) is 5.82 Å². The van der Waals surface area contributed by atoms with E-state index in [2.05, 4.69) is 48.2 Å². The van der Waals surface area contributed by atoms with Crippen LogP contribution >= 0.6 is 0 Å². The number of benzene rings is 2. The Morgan fingerprint density at radius 3 is 2.61 bits per heavy atom. The van der Waals surface area contributed by atoms with Crippen LogP contribution < -0.4 is 0 Å². The predicted molar refractivity (Wildman–Crippen MR) is 140 cm³/mol. The summed E-state index contributed by atoms with van der Waals surface area (Å²) in [6.45, 7) is 2.68. The molecule has 0 fully saturated rings. The fourth-order valence-electron chi connectivity index (χ4n) is 4.60. The van der Waals surface area contributed by atoms with E-state index in [1.54, 1.807) is 6.20 Å². The molecule has 0 unspecified atom stereocenters. The van der Waals surface area contributed by atoms with Crippen molar-refractivity contribution in [2.45, 2.75) is 13.5 Å². The summed E-state index contributed by atoms with van der Waals surface area (Å²) in [5, 5.41) is 8.62. The number of hydrogen-bond acceptors (Lipinski definition) is 5. The van der Waals surface area contributed by atoms with Crippen LogP contribution in [0.2, 0.25) is 0 Å². The number of aromatic nitrogens is 6. The number of fused-ring (bicyclic) bond motifs is 2. The van der Waals surface area contributed by atoms with Crippen molar-refractivity contribution in [2.75, 3.05) is 14.1 Å². The number of aromatic amines is 2. The van der Waals surface area contributed by atoms with E-state index < -0.39 is 0 Å². The van der Waals surface area contributed by atoms with Gasteiger partial charge < -0.3 is 9.88 Å². The molecule has 0 amide bonds. The highest BCUT2D eigenvalue weighted by Crippen LogP contribution is 2.33. The molecule has 2 N–H and O–H groups in total. The molecule has 0 aliphatic heterocycles. The predicted octanol–water partition coefficient (Wildman–Crippen LogP) is 5.74. The highest BCUT2D eigenvalue weighted by Gasteiger charge is 2.17. The van der Waals surface area contributed by atoms with Crippen LogP contribution in [-0.4, -0.2) is 49.1 Å². The van der Waals surface area contributed by atoms with Gasteiger partial charge in [-0.2, -0.15) is 5.10 Å². The van der Waals surface area contributed by atoms with Gasteiger partial charge in [0, 0.05) is 41.6 Å². The number of pyridine rings is 2. The maximum Gasteiger partial charge on any atom is 0.159 e. The molecular weight excluding hydrogens is 453 g/mol. The van der Waals surface area contributed by atoms with Gasteiger partial charge in [-0.3, -0.25) is 15.1 Å². The van der Waals surface area contributed by atoms with Crippen molar-refractivity contribution in [3.63, 3.8) is 0 Å². The summed E-state index contributed by atoms with van der Waals surface area (Å²) in [4.78, 5) is 19.3. The summed E-state index contributed by atoms with van der Waals surface area (Å²) >= 11 is 0. The Hall–Kier alpha value is -4.43. The largest absolute Gasteiger partial charge is 0.336 e. The van der Waals surface area contributed by atoms with Crippen LogP contribution in [0.4, 0.5) is 4.39 Å². The molecule has 0 bridgehead atoms. The Bertz CT molecular complexity index is 1710. The number of H-pyrrole nitrogens is 2. The molecule has 2 aromatic carbocycles. The fourth-order valence-corrected chi connectivity index (χ4v) is 4.60. The Balaban J connectivity index is 1.45. The summed E-state index contributed by atoms with van der Waals surface area (Å²) in [5.74, 6) is 0.324. The molecule has 4 aromatic heterocycles. The molecule has 4 heterocycles. The van der Waals surface area contributed by atoms with E-state index in [0.717, 1.165) is 45.2 Å². The average molecular weight is 478 g/mol. The summed E-state index contributed by atoms with van der Waals surface area (Å²) in [6, 6.07) is 15.1. The van der Waals surface area contributed by atoms with Crippen LogP contribution in [0.5, 0.6) is 0 Å². The third-order valence-electron chi connectivity index (χ3n) is 6.13. The minimum Gasteiger partial charge on any atom is -0.336 e. The monoisotopic (exact) mass is 477 g/mol. The van der Waals surface area contributed by atoms with Crippen molar-refractivity contribution in [1.82, 2.24) is 35.0 Å². The number of rotatable bonds is 5. The van der Waals surface area contributed by atoms with E-state index in [0.29, 0.717) is 28.3 Å². The van der Waals surface area contributed by atoms with Crippen LogP contribution in [-0.2, 0) is 6.54 Å². The zero-order chi connectivity index (χ0) is 24.8. The summed E-state index contributed by atoms with van der Waals surface area (Å²) < 4.78 is 14.1. The molecule has 8 heteroatoms. The molecule has 7 nitrogen and oxygen atoms in total. The molecule has 0 atom stereocenters. The molecule has 36 heavy (non-hydrogen) atoms. The van der Waals surface area contributed by atoms with E-state index in [1.807, 2.05) is 51.6 Å². The third kappa shape index (κ3) is 4.01. The first-order chi connectivity index (χ1) is 17.4. The molecule has 0 saturated carbocycles. The summed E-state index contributed by atoms with van der Waals surface area (Å²) in [5.41, 5.74) is 8.48. The van der Waals surface area contributed by atoms with Crippen LogP contribution in [0, 0.1) is 12.7 Å². The lowest BCUT2D eigenvalue weighted by Gasteiger charge is -2.10. The van der Waals surface area contributed by atoms with E-state index >= 15 is 0 Å². The standard InChI is InChI=1S/C28H24FN7/c1-16-8-19(11-21(29)9-16)25-27-24(6-7-31-25)32-28(33-27)26-22-12-18(4-5-23(22)34-35-26)20-10-17(13-30-14-20)15-36(2)3/h4-14H,15H2,1-3H3,(H,32,33)(H,34,35). The van der Waals surface area contributed by atoms with E-state index in [1.165, 1.54) is 12.1 Å². The first-order valence-electron chi connectivity index (χ1n) is 11.6. The molecule has 0 saturated heterocycles. The van der Waals surface area contributed by atoms with Gasteiger partial charge in [0.2, 0.25) is 0 Å². The minimum atomic E-state index is -0.297. The fraction of sp³-hybridized carbons (Fsp3) is 0.143. The van der Waals surface area contributed by atoms with E-state index in [-0.39, 0.29) is 5.82 Å². The molecule has 0 aliphatic carbocycles.